The van der Waals surface area contributed by atoms with E-state index in [-0.39, 0.29) is 30.4 Å². The van der Waals surface area contributed by atoms with E-state index in [1.807, 2.05) is 0 Å². The van der Waals surface area contributed by atoms with Crippen molar-refractivity contribution in [3.63, 3.8) is 0 Å². The van der Waals surface area contributed by atoms with E-state index in [9.17, 15) is 0 Å². The Hall–Kier alpha value is -0.200. The Morgan fingerprint density at radius 1 is 0.913 bits per heavy atom. The Morgan fingerprint density at radius 3 is 2.74 bits per heavy atom. The topological polar surface area (TPSA) is 40.2 Å². The van der Waals surface area contributed by atoms with E-state index in [2.05, 4.69) is 4.90 Å². The molecule has 128 valence electrons. The SMILES string of the molecule is C1CCC2(CC1)O[C@H]1O[C@H]3[C@H](OC[C@@H]4C[C@H]5CCCN5[C@@H]43)[C@H]1O2. The molecular weight excluding hydrogens is 294 g/mol. The zero-order valence-corrected chi connectivity index (χ0v) is 13.7. The maximum atomic E-state index is 6.45. The molecule has 1 aliphatic carbocycles. The summed E-state index contributed by atoms with van der Waals surface area (Å²) in [6.07, 6.45) is 9.72. The molecule has 7 atom stereocenters. The average molecular weight is 321 g/mol. The second-order valence-electron chi connectivity index (χ2n) is 8.46. The van der Waals surface area contributed by atoms with Gasteiger partial charge in [-0.3, -0.25) is 4.90 Å². The van der Waals surface area contributed by atoms with Gasteiger partial charge in [0.05, 0.1) is 6.61 Å². The molecule has 23 heavy (non-hydrogen) atoms. The fraction of sp³-hybridized carbons (Fsp3) is 1.00. The molecule has 0 aromatic heterocycles. The summed E-state index contributed by atoms with van der Waals surface area (Å²) < 4.78 is 25.5. The van der Waals surface area contributed by atoms with Gasteiger partial charge in [0.25, 0.3) is 0 Å². The maximum Gasteiger partial charge on any atom is 0.190 e. The summed E-state index contributed by atoms with van der Waals surface area (Å²) in [5.74, 6) is 0.272. The van der Waals surface area contributed by atoms with Gasteiger partial charge in [-0.25, -0.2) is 0 Å². The molecule has 5 aliphatic heterocycles. The first-order valence-electron chi connectivity index (χ1n) is 9.71. The predicted octanol–water partition coefficient (Wildman–Crippen LogP) is 2.04. The third kappa shape index (κ3) is 1.92. The first kappa shape index (κ1) is 14.0. The molecule has 6 rings (SSSR count). The van der Waals surface area contributed by atoms with E-state index in [0.29, 0.717) is 12.0 Å². The third-order valence-electron chi connectivity index (χ3n) is 7.21. The fourth-order valence-electron chi connectivity index (χ4n) is 6.27. The average Bonchev–Trinajstić information content (AvgIpc) is 3.26. The van der Waals surface area contributed by atoms with Gasteiger partial charge in [0.1, 0.15) is 18.3 Å². The van der Waals surface area contributed by atoms with E-state index < -0.39 is 0 Å². The summed E-state index contributed by atoms with van der Waals surface area (Å²) in [6.45, 7) is 2.11. The van der Waals surface area contributed by atoms with Crippen molar-refractivity contribution in [3.05, 3.63) is 0 Å². The summed E-state index contributed by atoms with van der Waals surface area (Å²) in [4.78, 5) is 2.71. The molecule has 0 amide bonds. The first-order valence-corrected chi connectivity index (χ1v) is 9.71. The molecule has 0 unspecified atom stereocenters. The van der Waals surface area contributed by atoms with E-state index in [1.54, 1.807) is 0 Å². The number of fused-ring (bicyclic) bond motifs is 7. The van der Waals surface area contributed by atoms with Crippen molar-refractivity contribution in [2.24, 2.45) is 5.92 Å². The highest BCUT2D eigenvalue weighted by atomic mass is 16.8. The van der Waals surface area contributed by atoms with E-state index in [1.165, 1.54) is 45.1 Å². The van der Waals surface area contributed by atoms with Crippen molar-refractivity contribution in [3.8, 4) is 0 Å². The molecule has 5 saturated heterocycles. The van der Waals surface area contributed by atoms with Crippen molar-refractivity contribution in [2.45, 2.75) is 93.8 Å². The van der Waals surface area contributed by atoms with Crippen LogP contribution in [0.1, 0.15) is 51.4 Å². The van der Waals surface area contributed by atoms with Crippen LogP contribution in [0.3, 0.4) is 0 Å². The Bertz CT molecular complexity index is 493. The fourth-order valence-corrected chi connectivity index (χ4v) is 6.27. The summed E-state index contributed by atoms with van der Waals surface area (Å²) in [6, 6.07) is 1.30. The second kappa shape index (κ2) is 4.92. The lowest BCUT2D eigenvalue weighted by Gasteiger charge is -2.41. The predicted molar refractivity (Wildman–Crippen MR) is 81.8 cm³/mol. The molecule has 1 saturated carbocycles. The van der Waals surface area contributed by atoms with Crippen LogP contribution in [0.2, 0.25) is 0 Å². The normalized spacial score (nSPS) is 54.0. The molecule has 1 spiro atoms. The molecule has 6 fully saturated rings. The van der Waals surface area contributed by atoms with Crippen LogP contribution in [0, 0.1) is 5.92 Å². The number of hydrogen-bond acceptors (Lipinski definition) is 5. The van der Waals surface area contributed by atoms with Crippen molar-refractivity contribution in [1.82, 2.24) is 4.90 Å². The second-order valence-corrected chi connectivity index (χ2v) is 8.46. The van der Waals surface area contributed by atoms with Crippen LogP contribution >= 0.6 is 0 Å². The minimum atomic E-state index is -0.370. The van der Waals surface area contributed by atoms with Crippen molar-refractivity contribution < 1.29 is 18.9 Å². The number of rotatable bonds is 0. The van der Waals surface area contributed by atoms with Gasteiger partial charge in [-0.05, 0) is 38.6 Å². The number of nitrogens with zero attached hydrogens (tertiary/aromatic N) is 1. The highest BCUT2D eigenvalue weighted by molar-refractivity contribution is 5.10. The van der Waals surface area contributed by atoms with Gasteiger partial charge < -0.3 is 18.9 Å². The molecule has 0 aromatic rings. The Kier molecular flexibility index (Phi) is 3.00. The third-order valence-corrected chi connectivity index (χ3v) is 7.21. The van der Waals surface area contributed by atoms with Gasteiger partial charge >= 0.3 is 0 Å². The molecule has 6 aliphatic rings. The zero-order valence-electron chi connectivity index (χ0n) is 13.7. The van der Waals surface area contributed by atoms with Gasteiger partial charge in [-0.2, -0.15) is 0 Å². The van der Waals surface area contributed by atoms with Gasteiger partial charge in [0.2, 0.25) is 0 Å². The molecule has 0 bridgehead atoms. The molecule has 0 radical (unpaired) electrons. The number of ether oxygens (including phenoxy) is 4. The van der Waals surface area contributed by atoms with Gasteiger partial charge in [-0.15, -0.1) is 0 Å². The summed E-state index contributed by atoms with van der Waals surface area (Å²) in [7, 11) is 0. The lowest BCUT2D eigenvalue weighted by atomic mass is 9.88. The van der Waals surface area contributed by atoms with Crippen molar-refractivity contribution >= 4 is 0 Å². The lowest BCUT2D eigenvalue weighted by Crippen LogP contribution is -2.55. The quantitative estimate of drug-likeness (QED) is 0.683. The van der Waals surface area contributed by atoms with Crippen molar-refractivity contribution in [2.75, 3.05) is 13.2 Å². The minimum Gasteiger partial charge on any atom is -0.372 e. The highest BCUT2D eigenvalue weighted by Gasteiger charge is 2.64. The highest BCUT2D eigenvalue weighted by Crippen LogP contribution is 2.51. The smallest absolute Gasteiger partial charge is 0.190 e. The summed E-state index contributed by atoms with van der Waals surface area (Å²) in [5.41, 5.74) is 0. The van der Waals surface area contributed by atoms with Crippen LogP contribution in [0.4, 0.5) is 0 Å². The molecule has 5 heterocycles. The lowest BCUT2D eigenvalue weighted by molar-refractivity contribution is -0.260. The number of hydrogen-bond donors (Lipinski definition) is 0. The van der Waals surface area contributed by atoms with Crippen LogP contribution in [-0.4, -0.2) is 60.5 Å². The van der Waals surface area contributed by atoms with Crippen LogP contribution < -0.4 is 0 Å². The molecule has 5 heteroatoms. The Labute approximate surface area is 137 Å². The van der Waals surface area contributed by atoms with Crippen LogP contribution in [0.5, 0.6) is 0 Å². The van der Waals surface area contributed by atoms with E-state index in [0.717, 1.165) is 25.5 Å². The zero-order chi connectivity index (χ0) is 15.0. The van der Waals surface area contributed by atoms with Gasteiger partial charge in [-0.1, -0.05) is 6.42 Å². The Balaban J connectivity index is 1.25. The minimum absolute atomic E-state index is 0.0132. The Morgan fingerprint density at radius 2 is 1.83 bits per heavy atom. The van der Waals surface area contributed by atoms with Crippen LogP contribution in [-0.2, 0) is 18.9 Å². The summed E-state index contributed by atoms with van der Waals surface area (Å²) in [5, 5.41) is 0. The first-order chi connectivity index (χ1) is 11.3. The largest absolute Gasteiger partial charge is 0.372 e. The molecule has 0 N–H and O–H groups in total. The van der Waals surface area contributed by atoms with Gasteiger partial charge in [0, 0.05) is 30.8 Å². The van der Waals surface area contributed by atoms with Gasteiger partial charge in [0.15, 0.2) is 12.1 Å². The summed E-state index contributed by atoms with van der Waals surface area (Å²) >= 11 is 0. The molecular formula is C18H27NO4. The molecule has 0 aromatic carbocycles. The van der Waals surface area contributed by atoms with Crippen LogP contribution in [0.25, 0.3) is 0 Å². The molecule has 5 nitrogen and oxygen atoms in total. The standard InChI is InChI=1S/C18H27NO4/c1-2-6-18(7-3-1)22-16-15-14(21-17(16)23-18)13-11(10-20-15)9-12-5-4-8-19(12)13/h11-17H,1-10H2/t11-,12+,13-,14+,15-,16+,17+/m0/s1. The monoisotopic (exact) mass is 321 g/mol. The van der Waals surface area contributed by atoms with Crippen LogP contribution in [0.15, 0.2) is 0 Å². The maximum absolute atomic E-state index is 6.45. The van der Waals surface area contributed by atoms with E-state index in [4.69, 9.17) is 18.9 Å². The van der Waals surface area contributed by atoms with Crippen molar-refractivity contribution in [1.29, 1.82) is 0 Å². The van der Waals surface area contributed by atoms with E-state index >= 15 is 0 Å².